The third-order valence-corrected chi connectivity index (χ3v) is 3.76. The van der Waals surface area contributed by atoms with Crippen LogP contribution in [0.15, 0.2) is 6.33 Å². The van der Waals surface area contributed by atoms with E-state index < -0.39 is 5.60 Å². The van der Waals surface area contributed by atoms with E-state index in [1.807, 2.05) is 4.68 Å². The molecular formula is C13H21N3O2. The first-order valence-electron chi connectivity index (χ1n) is 6.67. The van der Waals surface area contributed by atoms with E-state index in [-0.39, 0.29) is 5.78 Å². The summed E-state index contributed by atoms with van der Waals surface area (Å²) in [6.07, 6.45) is 6.65. The highest BCUT2D eigenvalue weighted by molar-refractivity contribution is 5.89. The van der Waals surface area contributed by atoms with Gasteiger partial charge in [-0.25, -0.2) is 9.67 Å². The van der Waals surface area contributed by atoms with Crippen molar-refractivity contribution in [2.75, 3.05) is 7.11 Å². The van der Waals surface area contributed by atoms with E-state index in [1.54, 1.807) is 7.11 Å². The van der Waals surface area contributed by atoms with Crippen molar-refractivity contribution in [3.63, 3.8) is 0 Å². The lowest BCUT2D eigenvalue weighted by atomic mass is 9.94. The molecule has 0 amide bonds. The molecule has 0 unspecified atom stereocenters. The molecule has 0 aliphatic heterocycles. The van der Waals surface area contributed by atoms with Crippen LogP contribution in [0, 0.1) is 0 Å². The molecule has 1 heterocycles. The number of carbonyl (C=O) groups excluding carboxylic acids is 1. The first-order valence-corrected chi connectivity index (χ1v) is 6.67. The molecule has 5 nitrogen and oxygen atoms in total. The number of ketones is 1. The second-order valence-electron chi connectivity index (χ2n) is 4.90. The SMILES string of the molecule is CCCn1ncnc1CC(=O)C1(OC)CCCC1. The minimum absolute atomic E-state index is 0.146. The number of nitrogens with zero attached hydrogens (tertiary/aromatic N) is 3. The molecule has 1 aromatic heterocycles. The molecule has 1 saturated carbocycles. The van der Waals surface area contributed by atoms with Gasteiger partial charge in [-0.2, -0.15) is 5.10 Å². The van der Waals surface area contributed by atoms with Gasteiger partial charge in [0.1, 0.15) is 17.8 Å². The first-order chi connectivity index (χ1) is 8.72. The summed E-state index contributed by atoms with van der Waals surface area (Å²) in [5, 5.41) is 4.15. The summed E-state index contributed by atoms with van der Waals surface area (Å²) in [6, 6.07) is 0. The quantitative estimate of drug-likeness (QED) is 0.773. The summed E-state index contributed by atoms with van der Waals surface area (Å²) < 4.78 is 7.32. The molecule has 100 valence electrons. The van der Waals surface area contributed by atoms with Gasteiger partial charge in [0.05, 0.1) is 6.42 Å². The fourth-order valence-corrected chi connectivity index (χ4v) is 2.67. The average molecular weight is 251 g/mol. The summed E-state index contributed by atoms with van der Waals surface area (Å²) in [5.74, 6) is 0.901. The number of methoxy groups -OCH3 is 1. The minimum Gasteiger partial charge on any atom is -0.370 e. The maximum Gasteiger partial charge on any atom is 0.172 e. The van der Waals surface area contributed by atoms with E-state index in [0.29, 0.717) is 6.42 Å². The third kappa shape index (κ3) is 2.46. The van der Waals surface area contributed by atoms with E-state index in [0.717, 1.165) is 44.5 Å². The molecule has 5 heteroatoms. The molecule has 0 N–H and O–H groups in total. The molecule has 0 aromatic carbocycles. The van der Waals surface area contributed by atoms with Crippen molar-refractivity contribution in [1.82, 2.24) is 14.8 Å². The van der Waals surface area contributed by atoms with Gasteiger partial charge in [0.2, 0.25) is 0 Å². The van der Waals surface area contributed by atoms with Crippen LogP contribution < -0.4 is 0 Å². The summed E-state index contributed by atoms with van der Waals surface area (Å²) in [6.45, 7) is 2.89. The Kier molecular flexibility index (Phi) is 4.11. The molecule has 1 aromatic rings. The Morgan fingerprint density at radius 2 is 2.22 bits per heavy atom. The number of hydrogen-bond acceptors (Lipinski definition) is 4. The Balaban J connectivity index is 2.08. The van der Waals surface area contributed by atoms with Gasteiger partial charge in [-0.3, -0.25) is 4.79 Å². The van der Waals surface area contributed by atoms with Crippen molar-refractivity contribution in [3.8, 4) is 0 Å². The smallest absolute Gasteiger partial charge is 0.172 e. The molecule has 0 saturated heterocycles. The van der Waals surface area contributed by atoms with E-state index >= 15 is 0 Å². The lowest BCUT2D eigenvalue weighted by molar-refractivity contribution is -0.139. The lowest BCUT2D eigenvalue weighted by Crippen LogP contribution is -2.39. The standard InChI is InChI=1S/C13H21N3O2/c1-3-8-16-12(14-10-15-16)9-11(17)13(18-2)6-4-5-7-13/h10H,3-9H2,1-2H3. The van der Waals surface area contributed by atoms with Gasteiger partial charge in [-0.15, -0.1) is 0 Å². The Morgan fingerprint density at radius 3 is 2.83 bits per heavy atom. The second-order valence-corrected chi connectivity index (χ2v) is 4.90. The average Bonchev–Trinajstić information content (AvgIpc) is 3.00. The molecule has 1 aliphatic carbocycles. The van der Waals surface area contributed by atoms with Crippen LogP contribution in [0.1, 0.15) is 44.9 Å². The zero-order chi connectivity index (χ0) is 13.0. The van der Waals surface area contributed by atoms with Crippen LogP contribution in [0.2, 0.25) is 0 Å². The number of aromatic nitrogens is 3. The van der Waals surface area contributed by atoms with Crippen molar-refractivity contribution < 1.29 is 9.53 Å². The number of hydrogen-bond donors (Lipinski definition) is 0. The Bertz CT molecular complexity index is 408. The van der Waals surface area contributed by atoms with Crippen LogP contribution in [0.3, 0.4) is 0 Å². The largest absolute Gasteiger partial charge is 0.370 e. The van der Waals surface area contributed by atoms with Crippen LogP contribution in [-0.4, -0.2) is 33.3 Å². The topological polar surface area (TPSA) is 57.0 Å². The number of ether oxygens (including phenoxy) is 1. The van der Waals surface area contributed by atoms with Crippen LogP contribution in [0.5, 0.6) is 0 Å². The molecule has 1 aliphatic rings. The van der Waals surface area contributed by atoms with Gasteiger partial charge in [0, 0.05) is 13.7 Å². The monoisotopic (exact) mass is 251 g/mol. The number of aryl methyl sites for hydroxylation is 1. The number of carbonyl (C=O) groups is 1. The fraction of sp³-hybridized carbons (Fsp3) is 0.769. The maximum atomic E-state index is 12.4. The van der Waals surface area contributed by atoms with E-state index in [2.05, 4.69) is 17.0 Å². The summed E-state index contributed by atoms with van der Waals surface area (Å²) >= 11 is 0. The molecule has 0 spiro atoms. The molecule has 0 atom stereocenters. The third-order valence-electron chi connectivity index (χ3n) is 3.76. The van der Waals surface area contributed by atoms with Gasteiger partial charge < -0.3 is 4.74 Å². The minimum atomic E-state index is -0.566. The zero-order valence-corrected chi connectivity index (χ0v) is 11.2. The van der Waals surface area contributed by atoms with Crippen LogP contribution in [0.4, 0.5) is 0 Å². The fourth-order valence-electron chi connectivity index (χ4n) is 2.67. The van der Waals surface area contributed by atoms with Crippen molar-refractivity contribution in [3.05, 3.63) is 12.2 Å². The van der Waals surface area contributed by atoms with Gasteiger partial charge in [-0.05, 0) is 32.1 Å². The Morgan fingerprint density at radius 1 is 1.50 bits per heavy atom. The number of Topliss-reactive ketones (excluding diaryl/α,β-unsaturated/α-hetero) is 1. The van der Waals surface area contributed by atoms with Crippen molar-refractivity contribution in [2.45, 2.75) is 57.6 Å². The van der Waals surface area contributed by atoms with Gasteiger partial charge in [0.25, 0.3) is 0 Å². The molecule has 1 fully saturated rings. The summed E-state index contributed by atoms with van der Waals surface area (Å²) in [5.41, 5.74) is -0.566. The summed E-state index contributed by atoms with van der Waals surface area (Å²) in [7, 11) is 1.64. The molecule has 18 heavy (non-hydrogen) atoms. The highest BCUT2D eigenvalue weighted by Crippen LogP contribution is 2.34. The Hall–Kier alpha value is -1.23. The normalized spacial score (nSPS) is 18.1. The Labute approximate surface area is 108 Å². The van der Waals surface area contributed by atoms with Crippen molar-refractivity contribution in [2.24, 2.45) is 0 Å². The van der Waals surface area contributed by atoms with Crippen molar-refractivity contribution >= 4 is 5.78 Å². The lowest BCUT2D eigenvalue weighted by Gasteiger charge is -2.25. The van der Waals surface area contributed by atoms with E-state index in [9.17, 15) is 4.79 Å². The predicted molar refractivity (Wildman–Crippen MR) is 67.2 cm³/mol. The van der Waals surface area contributed by atoms with Gasteiger partial charge >= 0.3 is 0 Å². The molecule has 2 rings (SSSR count). The van der Waals surface area contributed by atoms with Crippen molar-refractivity contribution in [1.29, 1.82) is 0 Å². The highest BCUT2D eigenvalue weighted by Gasteiger charge is 2.41. The van der Waals surface area contributed by atoms with Crippen LogP contribution >= 0.6 is 0 Å². The highest BCUT2D eigenvalue weighted by atomic mass is 16.5. The second kappa shape index (κ2) is 5.61. The predicted octanol–water partition coefficient (Wildman–Crippen LogP) is 1.76. The van der Waals surface area contributed by atoms with E-state index in [4.69, 9.17) is 4.74 Å². The number of rotatable bonds is 6. The summed E-state index contributed by atoms with van der Waals surface area (Å²) in [4.78, 5) is 16.6. The zero-order valence-electron chi connectivity index (χ0n) is 11.2. The first kappa shape index (κ1) is 13.2. The van der Waals surface area contributed by atoms with Crippen LogP contribution in [-0.2, 0) is 22.5 Å². The molecular weight excluding hydrogens is 230 g/mol. The maximum absolute atomic E-state index is 12.4. The van der Waals surface area contributed by atoms with Crippen LogP contribution in [0.25, 0.3) is 0 Å². The van der Waals surface area contributed by atoms with Gasteiger partial charge in [0.15, 0.2) is 5.78 Å². The van der Waals surface area contributed by atoms with E-state index in [1.165, 1.54) is 6.33 Å². The van der Waals surface area contributed by atoms with Gasteiger partial charge in [-0.1, -0.05) is 6.92 Å². The molecule has 0 radical (unpaired) electrons. The molecule has 0 bridgehead atoms.